The Balaban J connectivity index is 2.58. The number of rotatable bonds is 4. The van der Waals surface area contributed by atoms with E-state index in [9.17, 15) is 5.11 Å². The van der Waals surface area contributed by atoms with Crippen LogP contribution in [-0.2, 0) is 0 Å². The van der Waals surface area contributed by atoms with E-state index in [4.69, 9.17) is 5.11 Å². The highest BCUT2D eigenvalue weighted by Gasteiger charge is 2.10. The van der Waals surface area contributed by atoms with Crippen LogP contribution in [0.3, 0.4) is 0 Å². The zero-order valence-corrected chi connectivity index (χ0v) is 8.71. The van der Waals surface area contributed by atoms with Gasteiger partial charge < -0.3 is 15.1 Å². The molecule has 4 heteroatoms. The SMILES string of the molecule is Cc1ccsc1N(C)CC(O)CO. The van der Waals surface area contributed by atoms with Gasteiger partial charge in [0.05, 0.1) is 17.7 Å². The van der Waals surface area contributed by atoms with Gasteiger partial charge in [0.15, 0.2) is 0 Å². The molecule has 1 aromatic rings. The number of aliphatic hydroxyl groups excluding tert-OH is 2. The third kappa shape index (κ3) is 2.69. The first-order chi connectivity index (χ1) is 6.15. The van der Waals surface area contributed by atoms with Crippen LogP contribution in [0.1, 0.15) is 5.56 Å². The number of aliphatic hydroxyl groups is 2. The highest BCUT2D eigenvalue weighted by molar-refractivity contribution is 7.14. The summed E-state index contributed by atoms with van der Waals surface area (Å²) in [5, 5.41) is 21.1. The third-order valence-electron chi connectivity index (χ3n) is 1.88. The van der Waals surface area contributed by atoms with Crippen LogP contribution in [0.2, 0.25) is 0 Å². The van der Waals surface area contributed by atoms with Gasteiger partial charge in [-0.25, -0.2) is 0 Å². The number of likely N-dealkylation sites (N-methyl/N-ethyl adjacent to an activating group) is 1. The third-order valence-corrected chi connectivity index (χ3v) is 3.01. The molecule has 13 heavy (non-hydrogen) atoms. The molecule has 0 radical (unpaired) electrons. The van der Waals surface area contributed by atoms with Gasteiger partial charge in [0.1, 0.15) is 0 Å². The summed E-state index contributed by atoms with van der Waals surface area (Å²) >= 11 is 1.64. The summed E-state index contributed by atoms with van der Waals surface area (Å²) < 4.78 is 0. The first kappa shape index (κ1) is 10.5. The molecule has 0 bridgehead atoms. The number of aryl methyl sites for hydroxylation is 1. The summed E-state index contributed by atoms with van der Waals surface area (Å²) in [4.78, 5) is 1.96. The fourth-order valence-electron chi connectivity index (χ4n) is 1.21. The monoisotopic (exact) mass is 201 g/mol. The molecule has 0 aliphatic rings. The Labute approximate surface area is 82.2 Å². The highest BCUT2D eigenvalue weighted by Crippen LogP contribution is 2.25. The molecule has 74 valence electrons. The van der Waals surface area contributed by atoms with E-state index in [1.807, 2.05) is 30.3 Å². The van der Waals surface area contributed by atoms with Crippen molar-refractivity contribution in [1.29, 1.82) is 0 Å². The Morgan fingerprint density at radius 3 is 2.77 bits per heavy atom. The Morgan fingerprint density at radius 2 is 2.31 bits per heavy atom. The van der Waals surface area contributed by atoms with Crippen molar-refractivity contribution in [2.75, 3.05) is 25.1 Å². The lowest BCUT2D eigenvalue weighted by molar-refractivity contribution is 0.101. The second-order valence-electron chi connectivity index (χ2n) is 3.13. The van der Waals surface area contributed by atoms with Crippen LogP contribution >= 0.6 is 11.3 Å². The lowest BCUT2D eigenvalue weighted by Gasteiger charge is -2.20. The average Bonchev–Trinajstić information content (AvgIpc) is 2.51. The maximum atomic E-state index is 9.23. The molecular formula is C9H15NO2S. The molecule has 1 aromatic heterocycles. The lowest BCUT2D eigenvalue weighted by atomic mass is 10.3. The maximum Gasteiger partial charge on any atom is 0.0945 e. The minimum atomic E-state index is -0.661. The van der Waals surface area contributed by atoms with Gasteiger partial charge in [0.2, 0.25) is 0 Å². The lowest BCUT2D eigenvalue weighted by Crippen LogP contribution is -2.31. The van der Waals surface area contributed by atoms with E-state index in [1.54, 1.807) is 11.3 Å². The van der Waals surface area contributed by atoms with Crippen LogP contribution in [0.4, 0.5) is 5.00 Å². The highest BCUT2D eigenvalue weighted by atomic mass is 32.1. The standard InChI is InChI=1S/C9H15NO2S/c1-7-3-4-13-9(7)10(2)5-8(12)6-11/h3-4,8,11-12H,5-6H2,1-2H3. The van der Waals surface area contributed by atoms with Gasteiger partial charge in [-0.05, 0) is 23.9 Å². The smallest absolute Gasteiger partial charge is 0.0945 e. The molecular weight excluding hydrogens is 186 g/mol. The van der Waals surface area contributed by atoms with Crippen LogP contribution in [0.25, 0.3) is 0 Å². The van der Waals surface area contributed by atoms with Gasteiger partial charge in [-0.15, -0.1) is 11.3 Å². The number of thiophene rings is 1. The molecule has 1 atom stereocenters. The molecule has 0 aliphatic carbocycles. The van der Waals surface area contributed by atoms with Crippen molar-refractivity contribution >= 4 is 16.3 Å². The molecule has 0 saturated carbocycles. The van der Waals surface area contributed by atoms with Crippen molar-refractivity contribution in [3.05, 3.63) is 17.0 Å². The van der Waals surface area contributed by atoms with Gasteiger partial charge in [-0.3, -0.25) is 0 Å². The largest absolute Gasteiger partial charge is 0.394 e. The van der Waals surface area contributed by atoms with Gasteiger partial charge >= 0.3 is 0 Å². The average molecular weight is 201 g/mol. The summed E-state index contributed by atoms with van der Waals surface area (Å²) in [6.07, 6.45) is -0.661. The first-order valence-corrected chi connectivity index (χ1v) is 5.07. The second-order valence-corrected chi connectivity index (χ2v) is 4.02. The van der Waals surface area contributed by atoms with Crippen molar-refractivity contribution < 1.29 is 10.2 Å². The van der Waals surface area contributed by atoms with Crippen LogP contribution in [-0.4, -0.2) is 36.5 Å². The van der Waals surface area contributed by atoms with Crippen molar-refractivity contribution in [2.24, 2.45) is 0 Å². The van der Waals surface area contributed by atoms with E-state index in [0.717, 1.165) is 5.00 Å². The van der Waals surface area contributed by atoms with Gasteiger partial charge in [0, 0.05) is 13.6 Å². The van der Waals surface area contributed by atoms with E-state index in [-0.39, 0.29) is 6.61 Å². The van der Waals surface area contributed by atoms with Gasteiger partial charge in [-0.1, -0.05) is 0 Å². The second kappa shape index (κ2) is 4.60. The Kier molecular flexibility index (Phi) is 3.71. The van der Waals surface area contributed by atoms with Crippen LogP contribution in [0.5, 0.6) is 0 Å². The number of anilines is 1. The molecule has 0 fully saturated rings. The quantitative estimate of drug-likeness (QED) is 0.759. The predicted molar refractivity (Wildman–Crippen MR) is 55.4 cm³/mol. The van der Waals surface area contributed by atoms with Crippen LogP contribution in [0, 0.1) is 6.92 Å². The zero-order valence-electron chi connectivity index (χ0n) is 7.90. The topological polar surface area (TPSA) is 43.7 Å². The van der Waals surface area contributed by atoms with Crippen molar-refractivity contribution in [2.45, 2.75) is 13.0 Å². The molecule has 3 nitrogen and oxygen atoms in total. The fourth-order valence-corrected chi connectivity index (χ4v) is 2.12. The maximum absolute atomic E-state index is 9.23. The van der Waals surface area contributed by atoms with E-state index in [2.05, 4.69) is 0 Å². The van der Waals surface area contributed by atoms with Crippen LogP contribution < -0.4 is 4.90 Å². The molecule has 0 aliphatic heterocycles. The summed E-state index contributed by atoms with van der Waals surface area (Å²) in [5.41, 5.74) is 1.21. The molecule has 1 heterocycles. The summed E-state index contributed by atoms with van der Waals surface area (Å²) in [6.45, 7) is 2.32. The normalized spacial score (nSPS) is 12.9. The van der Waals surface area contributed by atoms with E-state index in [1.165, 1.54) is 5.56 Å². The minimum absolute atomic E-state index is 0.186. The number of hydrogen-bond donors (Lipinski definition) is 2. The fraction of sp³-hybridized carbons (Fsp3) is 0.556. The summed E-state index contributed by atoms with van der Waals surface area (Å²) in [6, 6.07) is 2.04. The molecule has 0 amide bonds. The van der Waals surface area contributed by atoms with Gasteiger partial charge in [0.25, 0.3) is 0 Å². The van der Waals surface area contributed by atoms with Crippen molar-refractivity contribution in [3.8, 4) is 0 Å². The van der Waals surface area contributed by atoms with E-state index < -0.39 is 6.10 Å². The molecule has 1 rings (SSSR count). The Bertz CT molecular complexity index is 262. The summed E-state index contributed by atoms with van der Waals surface area (Å²) in [5.74, 6) is 0. The molecule has 0 aromatic carbocycles. The molecule has 1 unspecified atom stereocenters. The molecule has 0 saturated heterocycles. The van der Waals surface area contributed by atoms with Gasteiger partial charge in [-0.2, -0.15) is 0 Å². The molecule has 2 N–H and O–H groups in total. The van der Waals surface area contributed by atoms with Crippen LogP contribution in [0.15, 0.2) is 11.4 Å². The summed E-state index contributed by atoms with van der Waals surface area (Å²) in [7, 11) is 1.91. The Morgan fingerprint density at radius 1 is 1.62 bits per heavy atom. The minimum Gasteiger partial charge on any atom is -0.394 e. The van der Waals surface area contributed by atoms with Crippen molar-refractivity contribution in [1.82, 2.24) is 0 Å². The molecule has 0 spiro atoms. The Hall–Kier alpha value is -0.580. The van der Waals surface area contributed by atoms with Crippen molar-refractivity contribution in [3.63, 3.8) is 0 Å². The predicted octanol–water partition coefficient (Wildman–Crippen LogP) is 0.846. The first-order valence-electron chi connectivity index (χ1n) is 4.19. The zero-order chi connectivity index (χ0) is 9.84. The van der Waals surface area contributed by atoms with E-state index >= 15 is 0 Å². The number of hydrogen-bond acceptors (Lipinski definition) is 4. The number of nitrogens with zero attached hydrogens (tertiary/aromatic N) is 1. The van der Waals surface area contributed by atoms with E-state index in [0.29, 0.717) is 6.54 Å².